The average molecular weight is 613 g/mol. The third-order valence-electron chi connectivity index (χ3n) is 7.47. The predicted octanol–water partition coefficient (Wildman–Crippen LogP) is 6.67. The Balaban J connectivity index is 1.67. The molecule has 0 amide bonds. The predicted molar refractivity (Wildman–Crippen MR) is 151 cm³/mol. The standard InChI is InChI=1S/C31H25F4N2O5P/c32-30(33,28(38)39)24-14-10-21(11-15-24)18-29(23-6-2-1-3-7-23,37-20-36-26-8-4-5-9-27(26)37)19-22-12-16-25(17-13-22)31(34,35)43(40,41)42/h1-17,20H,18-19H2,(H,38,39)(H2,40,41,42). The molecule has 1 atom stereocenters. The van der Waals surface area contributed by atoms with Crippen molar-refractivity contribution in [1.29, 1.82) is 0 Å². The maximum atomic E-state index is 14.4. The lowest BCUT2D eigenvalue weighted by Crippen LogP contribution is -2.39. The summed E-state index contributed by atoms with van der Waals surface area (Å²) in [5.41, 5.74) is -3.58. The first-order chi connectivity index (χ1) is 20.3. The molecule has 5 aromatic rings. The van der Waals surface area contributed by atoms with Gasteiger partial charge in [-0.1, -0.05) is 91.0 Å². The first kappa shape index (κ1) is 30.2. The molecule has 0 saturated carbocycles. The number of carbonyl (C=O) groups is 1. The third kappa shape index (κ3) is 5.59. The summed E-state index contributed by atoms with van der Waals surface area (Å²) in [6.07, 6.45) is 2.00. The van der Waals surface area contributed by atoms with Crippen LogP contribution in [0.5, 0.6) is 0 Å². The van der Waals surface area contributed by atoms with E-state index in [1.807, 2.05) is 59.2 Å². The molecule has 0 radical (unpaired) electrons. The van der Waals surface area contributed by atoms with E-state index in [0.29, 0.717) is 16.6 Å². The Kier molecular flexibility index (Phi) is 7.77. The minimum atomic E-state index is -5.77. The summed E-state index contributed by atoms with van der Waals surface area (Å²) in [5.74, 6) is -6.34. The quantitative estimate of drug-likeness (QED) is 0.120. The molecule has 5 rings (SSSR count). The highest BCUT2D eigenvalue weighted by Crippen LogP contribution is 2.59. The number of hydrogen-bond acceptors (Lipinski definition) is 3. The van der Waals surface area contributed by atoms with Crippen molar-refractivity contribution in [2.75, 3.05) is 0 Å². The molecule has 0 aliphatic carbocycles. The van der Waals surface area contributed by atoms with Gasteiger partial charge in [0.15, 0.2) is 0 Å². The fourth-order valence-corrected chi connectivity index (χ4v) is 5.73. The van der Waals surface area contributed by atoms with Crippen LogP contribution in [0.1, 0.15) is 27.8 Å². The van der Waals surface area contributed by atoms with Crippen molar-refractivity contribution >= 4 is 24.6 Å². The third-order valence-corrected chi connectivity index (χ3v) is 8.46. The molecule has 0 fully saturated rings. The highest BCUT2D eigenvalue weighted by molar-refractivity contribution is 7.52. The maximum Gasteiger partial charge on any atom is 0.399 e. The van der Waals surface area contributed by atoms with Crippen LogP contribution in [0.4, 0.5) is 17.6 Å². The molecule has 4 aromatic carbocycles. The highest BCUT2D eigenvalue weighted by Gasteiger charge is 2.50. The number of nitrogens with zero attached hydrogens (tertiary/aromatic N) is 2. The fourth-order valence-electron chi connectivity index (χ4n) is 5.25. The Labute approximate surface area is 243 Å². The molecule has 7 nitrogen and oxygen atoms in total. The molecule has 43 heavy (non-hydrogen) atoms. The van der Waals surface area contributed by atoms with Crippen LogP contribution in [0.3, 0.4) is 0 Å². The number of hydrogen-bond donors (Lipinski definition) is 3. The van der Waals surface area contributed by atoms with Gasteiger partial charge in [-0.3, -0.25) is 4.57 Å². The van der Waals surface area contributed by atoms with E-state index in [2.05, 4.69) is 4.98 Å². The Bertz CT molecular complexity index is 1810. The number of para-hydroxylation sites is 2. The first-order valence-corrected chi connectivity index (χ1v) is 14.6. The Hall–Kier alpha value is -4.31. The summed E-state index contributed by atoms with van der Waals surface area (Å²) in [7, 11) is -5.77. The van der Waals surface area contributed by atoms with Gasteiger partial charge in [0.2, 0.25) is 0 Å². The van der Waals surface area contributed by atoms with Crippen molar-refractivity contribution in [3.63, 3.8) is 0 Å². The smallest absolute Gasteiger partial charge is 0.399 e. The number of rotatable bonds is 10. The van der Waals surface area contributed by atoms with Crippen LogP contribution in [0.25, 0.3) is 11.0 Å². The zero-order valence-electron chi connectivity index (χ0n) is 22.3. The minimum Gasteiger partial charge on any atom is -0.477 e. The van der Waals surface area contributed by atoms with Crippen molar-refractivity contribution in [2.24, 2.45) is 0 Å². The van der Waals surface area contributed by atoms with Crippen molar-refractivity contribution in [3.05, 3.63) is 137 Å². The van der Waals surface area contributed by atoms with Crippen molar-refractivity contribution in [2.45, 2.75) is 30.0 Å². The largest absolute Gasteiger partial charge is 0.477 e. The molecular weight excluding hydrogens is 587 g/mol. The summed E-state index contributed by atoms with van der Waals surface area (Å²) < 4.78 is 70.5. The lowest BCUT2D eigenvalue weighted by Gasteiger charge is -2.37. The number of fused-ring (bicyclic) bond motifs is 1. The summed E-state index contributed by atoms with van der Waals surface area (Å²) in [5, 5.41) is 8.95. The van der Waals surface area contributed by atoms with Crippen LogP contribution in [-0.4, -0.2) is 30.4 Å². The minimum absolute atomic E-state index is 0.173. The lowest BCUT2D eigenvalue weighted by atomic mass is 9.78. The summed E-state index contributed by atoms with van der Waals surface area (Å²) >= 11 is 0. The zero-order chi connectivity index (χ0) is 31.0. The van der Waals surface area contributed by atoms with Gasteiger partial charge in [-0.2, -0.15) is 17.6 Å². The number of carboxylic acids is 1. The van der Waals surface area contributed by atoms with E-state index >= 15 is 0 Å². The van der Waals surface area contributed by atoms with Crippen LogP contribution in [0, 0.1) is 0 Å². The van der Waals surface area contributed by atoms with Crippen LogP contribution in [0.15, 0.2) is 109 Å². The molecule has 0 spiro atoms. The molecule has 1 aromatic heterocycles. The number of halogens is 4. The van der Waals surface area contributed by atoms with Crippen LogP contribution in [0.2, 0.25) is 0 Å². The molecule has 12 heteroatoms. The number of alkyl halides is 4. The van der Waals surface area contributed by atoms with E-state index in [4.69, 9.17) is 14.9 Å². The van der Waals surface area contributed by atoms with E-state index in [1.165, 1.54) is 24.3 Å². The molecule has 222 valence electrons. The highest BCUT2D eigenvalue weighted by atomic mass is 31.2. The normalized spacial score (nSPS) is 14.0. The van der Waals surface area contributed by atoms with E-state index in [-0.39, 0.29) is 12.8 Å². The van der Waals surface area contributed by atoms with Gasteiger partial charge in [0.25, 0.3) is 0 Å². The average Bonchev–Trinajstić information content (AvgIpc) is 3.42. The van der Waals surface area contributed by atoms with Gasteiger partial charge in [-0.25, -0.2) is 9.78 Å². The lowest BCUT2D eigenvalue weighted by molar-refractivity contribution is -0.166. The van der Waals surface area contributed by atoms with Crippen molar-refractivity contribution < 1.29 is 41.8 Å². The molecule has 1 unspecified atom stereocenters. The molecular formula is C31H25F4N2O5P. The fraction of sp³-hybridized carbons (Fsp3) is 0.161. The van der Waals surface area contributed by atoms with Crippen molar-refractivity contribution in [3.8, 4) is 0 Å². The van der Waals surface area contributed by atoms with Crippen LogP contribution in [-0.2, 0) is 39.3 Å². The van der Waals surface area contributed by atoms with Gasteiger partial charge in [0.1, 0.15) is 0 Å². The number of aromatic nitrogens is 2. The Morgan fingerprint density at radius 1 is 0.721 bits per heavy atom. The second kappa shape index (κ2) is 11.1. The summed E-state index contributed by atoms with van der Waals surface area (Å²) in [6.45, 7) is 0. The summed E-state index contributed by atoms with van der Waals surface area (Å²) in [4.78, 5) is 34.0. The first-order valence-electron chi connectivity index (χ1n) is 13.0. The maximum absolute atomic E-state index is 14.4. The second-order valence-electron chi connectivity index (χ2n) is 10.2. The van der Waals surface area contributed by atoms with Gasteiger partial charge in [-0.05, 0) is 28.8 Å². The van der Waals surface area contributed by atoms with Crippen LogP contribution >= 0.6 is 7.60 Å². The Morgan fingerprint density at radius 2 is 1.23 bits per heavy atom. The Morgan fingerprint density at radius 3 is 1.77 bits per heavy atom. The summed E-state index contributed by atoms with van der Waals surface area (Å²) in [6, 6.07) is 26.2. The molecule has 0 saturated heterocycles. The van der Waals surface area contributed by atoms with Gasteiger partial charge in [0.05, 0.1) is 22.9 Å². The van der Waals surface area contributed by atoms with Crippen LogP contribution < -0.4 is 0 Å². The molecule has 3 N–H and O–H groups in total. The molecule has 1 heterocycles. The van der Waals surface area contributed by atoms with E-state index in [0.717, 1.165) is 35.3 Å². The molecule has 0 aliphatic rings. The zero-order valence-corrected chi connectivity index (χ0v) is 23.2. The second-order valence-corrected chi connectivity index (χ2v) is 11.9. The molecule has 0 aliphatic heterocycles. The van der Waals surface area contributed by atoms with Gasteiger partial charge in [0, 0.05) is 24.0 Å². The monoisotopic (exact) mass is 612 g/mol. The number of carboxylic acid groups (broad SMARTS) is 1. The van der Waals surface area contributed by atoms with E-state index in [1.54, 1.807) is 6.33 Å². The molecule has 0 bridgehead atoms. The number of benzene rings is 4. The number of imidazole rings is 1. The van der Waals surface area contributed by atoms with Crippen molar-refractivity contribution in [1.82, 2.24) is 9.55 Å². The van der Waals surface area contributed by atoms with Gasteiger partial charge < -0.3 is 19.5 Å². The SMILES string of the molecule is O=C(O)C(F)(F)c1ccc(CC(Cc2ccc(C(F)(F)P(=O)(O)O)cc2)(c2ccccc2)n2cnc3ccccc32)cc1. The topological polar surface area (TPSA) is 113 Å². The van der Waals surface area contributed by atoms with E-state index in [9.17, 15) is 26.9 Å². The van der Waals surface area contributed by atoms with Gasteiger partial charge in [-0.15, -0.1) is 0 Å². The number of aliphatic carboxylic acids is 1. The van der Waals surface area contributed by atoms with Gasteiger partial charge >= 0.3 is 25.2 Å². The van der Waals surface area contributed by atoms with E-state index < -0.39 is 41.8 Å².